The molecule has 0 spiro atoms. The smallest absolute Gasteiger partial charge is 0.315 e. The van der Waals surface area contributed by atoms with Crippen LogP contribution < -0.4 is 21.3 Å². The van der Waals surface area contributed by atoms with Crippen LogP contribution in [0, 0.1) is 12.3 Å². The van der Waals surface area contributed by atoms with Crippen LogP contribution in [-0.4, -0.2) is 80.4 Å². The van der Waals surface area contributed by atoms with Crippen molar-refractivity contribution in [2.24, 2.45) is 0 Å². The molecule has 2 rings (SSSR count). The van der Waals surface area contributed by atoms with Crippen LogP contribution >= 0.6 is 11.8 Å². The zero-order valence-electron chi connectivity index (χ0n) is 18.0. The van der Waals surface area contributed by atoms with Crippen molar-refractivity contribution in [2.75, 3.05) is 45.3 Å². The van der Waals surface area contributed by atoms with E-state index in [-0.39, 0.29) is 29.9 Å². The van der Waals surface area contributed by atoms with E-state index in [9.17, 15) is 14.4 Å². The molecule has 2 aliphatic heterocycles. The van der Waals surface area contributed by atoms with Crippen molar-refractivity contribution in [3.8, 4) is 12.3 Å². The highest BCUT2D eigenvalue weighted by molar-refractivity contribution is 8.00. The monoisotopic (exact) mass is 454 g/mol. The highest BCUT2D eigenvalue weighted by Gasteiger charge is 2.42. The van der Waals surface area contributed by atoms with Crippen LogP contribution in [0.4, 0.5) is 4.79 Å². The maximum Gasteiger partial charge on any atom is 0.315 e. The van der Waals surface area contributed by atoms with Gasteiger partial charge in [-0.1, -0.05) is 6.42 Å². The standard InChI is InChI=1S/C21H34N4O5S/c1-2-3-7-18(26)22-9-11-29-13-14-30-12-10-23-19(27)8-5-4-6-17-20-16(15-31-17)24-21(28)25-20/h1,16-17,20H,3-15H2,(H,22,26)(H,23,27)(H2,24,25,28)/t16-,17-,20-/m0/s1. The number of carbonyl (C=O) groups excluding carboxylic acids is 3. The second kappa shape index (κ2) is 14.9. The third-order valence-corrected chi connectivity index (χ3v) is 6.59. The largest absolute Gasteiger partial charge is 0.377 e. The zero-order chi connectivity index (χ0) is 22.3. The van der Waals surface area contributed by atoms with Crippen molar-refractivity contribution < 1.29 is 23.9 Å². The molecule has 0 aliphatic carbocycles. The van der Waals surface area contributed by atoms with Crippen LogP contribution in [0.25, 0.3) is 0 Å². The number of carbonyl (C=O) groups is 3. The lowest BCUT2D eigenvalue weighted by molar-refractivity contribution is -0.122. The van der Waals surface area contributed by atoms with Crippen molar-refractivity contribution in [3.05, 3.63) is 0 Å². The Balaban J connectivity index is 1.33. The summed E-state index contributed by atoms with van der Waals surface area (Å²) >= 11 is 1.90. The van der Waals surface area contributed by atoms with Gasteiger partial charge in [0.25, 0.3) is 0 Å². The van der Waals surface area contributed by atoms with Gasteiger partial charge < -0.3 is 30.7 Å². The summed E-state index contributed by atoms with van der Waals surface area (Å²) in [4.78, 5) is 34.6. The molecule has 3 atom stereocenters. The first-order valence-corrected chi connectivity index (χ1v) is 12.0. The van der Waals surface area contributed by atoms with Crippen LogP contribution in [0.3, 0.4) is 0 Å². The summed E-state index contributed by atoms with van der Waals surface area (Å²) in [6, 6.07) is 0.417. The number of hydrogen-bond acceptors (Lipinski definition) is 6. The van der Waals surface area contributed by atoms with Gasteiger partial charge in [0, 0.05) is 43.4 Å². The summed E-state index contributed by atoms with van der Waals surface area (Å²) < 4.78 is 10.8. The van der Waals surface area contributed by atoms with Crippen LogP contribution in [0.1, 0.15) is 38.5 Å². The van der Waals surface area contributed by atoms with Gasteiger partial charge in [-0.2, -0.15) is 11.8 Å². The molecular weight excluding hydrogens is 420 g/mol. The number of hydrogen-bond donors (Lipinski definition) is 4. The summed E-state index contributed by atoms with van der Waals surface area (Å²) in [6.07, 6.45) is 9.21. The van der Waals surface area contributed by atoms with Crippen molar-refractivity contribution in [1.82, 2.24) is 21.3 Å². The van der Waals surface area contributed by atoms with E-state index in [1.54, 1.807) is 0 Å². The number of urea groups is 1. The molecule has 0 aromatic carbocycles. The van der Waals surface area contributed by atoms with Gasteiger partial charge in [-0.15, -0.1) is 12.3 Å². The molecule has 2 heterocycles. The number of rotatable bonds is 16. The lowest BCUT2D eigenvalue weighted by Gasteiger charge is -2.16. The second-order valence-electron chi connectivity index (χ2n) is 7.50. The summed E-state index contributed by atoms with van der Waals surface area (Å²) in [6.45, 7) is 2.66. The van der Waals surface area contributed by atoms with Crippen LogP contribution in [0.2, 0.25) is 0 Å². The summed E-state index contributed by atoms with van der Waals surface area (Å²) in [5, 5.41) is 11.9. The van der Waals surface area contributed by atoms with Gasteiger partial charge in [-0.05, 0) is 12.8 Å². The first-order valence-electron chi connectivity index (χ1n) is 10.9. The van der Waals surface area contributed by atoms with Gasteiger partial charge in [-0.25, -0.2) is 4.79 Å². The fraction of sp³-hybridized carbons (Fsp3) is 0.762. The molecule has 0 bridgehead atoms. The number of terminal acetylenes is 1. The number of nitrogens with one attached hydrogen (secondary N) is 4. The van der Waals surface area contributed by atoms with Gasteiger partial charge in [0.05, 0.1) is 38.5 Å². The fourth-order valence-electron chi connectivity index (χ4n) is 3.48. The fourth-order valence-corrected chi connectivity index (χ4v) is 5.03. The number of fused-ring (bicyclic) bond motifs is 1. The van der Waals surface area contributed by atoms with Crippen molar-refractivity contribution in [2.45, 2.75) is 55.9 Å². The molecule has 0 aromatic heterocycles. The van der Waals surface area contributed by atoms with E-state index in [4.69, 9.17) is 15.9 Å². The second-order valence-corrected chi connectivity index (χ2v) is 8.77. The molecule has 4 amide bonds. The molecule has 0 radical (unpaired) electrons. The Morgan fingerprint density at radius 2 is 1.71 bits per heavy atom. The normalized spacial score (nSPS) is 21.6. The Labute approximate surface area is 188 Å². The summed E-state index contributed by atoms with van der Waals surface area (Å²) in [5.74, 6) is 3.35. The Kier molecular flexibility index (Phi) is 12.2. The summed E-state index contributed by atoms with van der Waals surface area (Å²) in [7, 11) is 0. The molecule has 4 N–H and O–H groups in total. The van der Waals surface area contributed by atoms with Gasteiger partial charge in [0.1, 0.15) is 0 Å². The van der Waals surface area contributed by atoms with E-state index >= 15 is 0 Å². The van der Waals surface area contributed by atoms with Crippen molar-refractivity contribution in [3.63, 3.8) is 0 Å². The summed E-state index contributed by atoms with van der Waals surface area (Å²) in [5.41, 5.74) is 0. The maximum absolute atomic E-state index is 11.9. The number of thioether (sulfide) groups is 1. The molecule has 9 nitrogen and oxygen atoms in total. The molecule has 0 saturated carbocycles. The molecular formula is C21H34N4O5S. The third kappa shape index (κ3) is 10.3. The SMILES string of the molecule is C#CCCC(=O)NCCOCCOCCNC(=O)CCCC[C@@H]1SC[C@@H]2NC(=O)N[C@@H]21. The van der Waals surface area contributed by atoms with E-state index in [1.165, 1.54) is 0 Å². The predicted molar refractivity (Wildman–Crippen MR) is 120 cm³/mol. The van der Waals surface area contributed by atoms with E-state index < -0.39 is 0 Å². The first-order chi connectivity index (χ1) is 15.1. The topological polar surface area (TPSA) is 118 Å². The van der Waals surface area contributed by atoms with Gasteiger partial charge >= 0.3 is 6.03 Å². The number of amides is 4. The van der Waals surface area contributed by atoms with Gasteiger partial charge in [0.2, 0.25) is 11.8 Å². The van der Waals surface area contributed by atoms with Crippen LogP contribution in [0.5, 0.6) is 0 Å². The lowest BCUT2D eigenvalue weighted by atomic mass is 10.0. The maximum atomic E-state index is 11.9. The van der Waals surface area contributed by atoms with Crippen molar-refractivity contribution in [1.29, 1.82) is 0 Å². The average molecular weight is 455 g/mol. The molecule has 31 heavy (non-hydrogen) atoms. The third-order valence-electron chi connectivity index (χ3n) is 5.09. The molecule has 2 aliphatic rings. The quantitative estimate of drug-likeness (QED) is 0.152. The van der Waals surface area contributed by atoms with E-state index in [0.29, 0.717) is 64.0 Å². The minimum absolute atomic E-state index is 0.0354. The number of unbranched alkanes of at least 4 members (excludes halogenated alkanes) is 1. The zero-order valence-corrected chi connectivity index (χ0v) is 18.8. The highest BCUT2D eigenvalue weighted by atomic mass is 32.2. The Bertz CT molecular complexity index is 627. The van der Waals surface area contributed by atoms with Gasteiger partial charge in [0.15, 0.2) is 0 Å². The molecule has 2 saturated heterocycles. The predicted octanol–water partition coefficient (Wildman–Crippen LogP) is 0.391. The van der Waals surface area contributed by atoms with Crippen LogP contribution in [-0.2, 0) is 19.1 Å². The average Bonchev–Trinajstić information content (AvgIpc) is 3.30. The van der Waals surface area contributed by atoms with Crippen molar-refractivity contribution >= 4 is 29.6 Å². The first kappa shape index (κ1) is 25.3. The minimum Gasteiger partial charge on any atom is -0.377 e. The lowest BCUT2D eigenvalue weighted by Crippen LogP contribution is -2.36. The van der Waals surface area contributed by atoms with E-state index in [1.807, 2.05) is 11.8 Å². The molecule has 2 fully saturated rings. The highest BCUT2D eigenvalue weighted by Crippen LogP contribution is 2.33. The Morgan fingerprint density at radius 3 is 2.39 bits per heavy atom. The van der Waals surface area contributed by atoms with E-state index in [2.05, 4.69) is 27.2 Å². The minimum atomic E-state index is -0.0702. The Hall–Kier alpha value is -1.96. The van der Waals surface area contributed by atoms with Crippen LogP contribution in [0.15, 0.2) is 0 Å². The molecule has 0 aromatic rings. The van der Waals surface area contributed by atoms with E-state index in [0.717, 1.165) is 25.0 Å². The van der Waals surface area contributed by atoms with Gasteiger partial charge in [-0.3, -0.25) is 9.59 Å². The molecule has 0 unspecified atom stereocenters. The number of ether oxygens (including phenoxy) is 2. The molecule has 174 valence electrons. The molecule has 10 heteroatoms. The Morgan fingerprint density at radius 1 is 1.03 bits per heavy atom.